The summed E-state index contributed by atoms with van der Waals surface area (Å²) < 4.78 is 0. The van der Waals surface area contributed by atoms with E-state index in [4.69, 9.17) is 5.11 Å². The quantitative estimate of drug-likeness (QED) is 0.497. The molecule has 0 aliphatic heterocycles. The van der Waals surface area contributed by atoms with E-state index < -0.39 is 29.9 Å². The lowest BCUT2D eigenvalue weighted by atomic mass is 10.2. The molecule has 96 valence electrons. The zero-order chi connectivity index (χ0) is 13.5. The van der Waals surface area contributed by atoms with Gasteiger partial charge in [0.25, 0.3) is 5.91 Å². The molecule has 1 aromatic heterocycles. The third-order valence-corrected chi connectivity index (χ3v) is 1.88. The predicted octanol–water partition coefficient (Wildman–Crippen LogP) is -1.69. The first-order valence-corrected chi connectivity index (χ1v) is 4.94. The fourth-order valence-corrected chi connectivity index (χ4v) is 1.09. The highest BCUT2D eigenvalue weighted by Crippen LogP contribution is 1.91. The first-order valence-electron chi connectivity index (χ1n) is 4.94. The van der Waals surface area contributed by atoms with E-state index in [0.29, 0.717) is 0 Å². The summed E-state index contributed by atoms with van der Waals surface area (Å²) in [6.07, 6.45) is 1.31. The van der Waals surface area contributed by atoms with Crippen LogP contribution < -0.4 is 16.2 Å². The van der Waals surface area contributed by atoms with Gasteiger partial charge in [0.15, 0.2) is 0 Å². The van der Waals surface area contributed by atoms with Crippen molar-refractivity contribution in [3.8, 4) is 0 Å². The normalized spacial score (nSPS) is 9.56. The fourth-order valence-electron chi connectivity index (χ4n) is 1.09. The van der Waals surface area contributed by atoms with Crippen LogP contribution in [0.1, 0.15) is 10.4 Å². The van der Waals surface area contributed by atoms with Crippen molar-refractivity contribution < 1.29 is 19.5 Å². The monoisotopic (exact) mass is 253 g/mol. The molecule has 2 amide bonds. The number of carbonyl (C=O) groups excluding carboxylic acids is 2. The van der Waals surface area contributed by atoms with Gasteiger partial charge in [0.05, 0.1) is 6.54 Å². The number of amides is 2. The van der Waals surface area contributed by atoms with Gasteiger partial charge in [0.2, 0.25) is 11.5 Å². The maximum absolute atomic E-state index is 11.5. The van der Waals surface area contributed by atoms with Gasteiger partial charge in [-0.1, -0.05) is 0 Å². The van der Waals surface area contributed by atoms with E-state index in [9.17, 15) is 19.2 Å². The second kappa shape index (κ2) is 6.18. The zero-order valence-electron chi connectivity index (χ0n) is 9.23. The number of nitrogens with one attached hydrogen (secondary N) is 3. The van der Waals surface area contributed by atoms with Crippen LogP contribution >= 0.6 is 0 Å². The Morgan fingerprint density at radius 3 is 2.56 bits per heavy atom. The van der Waals surface area contributed by atoms with Gasteiger partial charge in [-0.2, -0.15) is 0 Å². The lowest BCUT2D eigenvalue weighted by molar-refractivity contribution is -0.137. The first kappa shape index (κ1) is 13.4. The third-order valence-electron chi connectivity index (χ3n) is 1.88. The molecule has 0 fully saturated rings. The molecule has 8 heteroatoms. The highest BCUT2D eigenvalue weighted by molar-refractivity contribution is 5.96. The number of H-pyrrole nitrogens is 1. The minimum atomic E-state index is -1.18. The maximum atomic E-state index is 11.5. The molecule has 8 nitrogen and oxygen atoms in total. The molecule has 0 bridgehead atoms. The molecule has 0 aliphatic rings. The number of carboxylic acid groups (broad SMARTS) is 1. The summed E-state index contributed by atoms with van der Waals surface area (Å²) >= 11 is 0. The molecule has 0 saturated heterocycles. The number of carbonyl (C=O) groups is 3. The second-order valence-electron chi connectivity index (χ2n) is 3.29. The van der Waals surface area contributed by atoms with Crippen LogP contribution in [0.25, 0.3) is 0 Å². The Hall–Kier alpha value is -2.64. The third kappa shape index (κ3) is 4.47. The summed E-state index contributed by atoms with van der Waals surface area (Å²) in [5, 5.41) is 12.6. The summed E-state index contributed by atoms with van der Waals surface area (Å²) in [7, 11) is 0. The van der Waals surface area contributed by atoms with Gasteiger partial charge >= 0.3 is 5.97 Å². The molecule has 1 heterocycles. The summed E-state index contributed by atoms with van der Waals surface area (Å²) in [5.74, 6) is -2.40. The molecule has 0 saturated carbocycles. The van der Waals surface area contributed by atoms with Crippen LogP contribution in [0.15, 0.2) is 23.1 Å². The average molecular weight is 253 g/mol. The smallest absolute Gasteiger partial charge is 0.322 e. The van der Waals surface area contributed by atoms with E-state index in [-0.39, 0.29) is 12.1 Å². The molecule has 0 aliphatic carbocycles. The highest BCUT2D eigenvalue weighted by atomic mass is 16.4. The number of carboxylic acids is 1. The Kier molecular flexibility index (Phi) is 4.61. The van der Waals surface area contributed by atoms with Crippen LogP contribution in [0.5, 0.6) is 0 Å². The minimum Gasteiger partial charge on any atom is -0.480 e. The van der Waals surface area contributed by atoms with Crippen molar-refractivity contribution in [2.24, 2.45) is 0 Å². The number of hydrogen-bond acceptors (Lipinski definition) is 4. The summed E-state index contributed by atoms with van der Waals surface area (Å²) in [6.45, 7) is -0.876. The molecule has 0 spiro atoms. The molecular weight excluding hydrogens is 242 g/mol. The number of aromatic amines is 1. The van der Waals surface area contributed by atoms with Crippen LogP contribution in [0.3, 0.4) is 0 Å². The molecule has 18 heavy (non-hydrogen) atoms. The Morgan fingerprint density at radius 2 is 1.94 bits per heavy atom. The highest BCUT2D eigenvalue weighted by Gasteiger charge is 2.08. The van der Waals surface area contributed by atoms with E-state index in [0.717, 1.165) is 6.07 Å². The Bertz CT molecular complexity index is 522. The van der Waals surface area contributed by atoms with E-state index >= 15 is 0 Å². The van der Waals surface area contributed by atoms with Gasteiger partial charge in [-0.3, -0.25) is 19.2 Å². The van der Waals surface area contributed by atoms with Crippen LogP contribution in [0, 0.1) is 0 Å². The fraction of sp³-hybridized carbons (Fsp3) is 0.200. The molecule has 0 atom stereocenters. The molecule has 0 unspecified atom stereocenters. The number of aromatic nitrogens is 1. The maximum Gasteiger partial charge on any atom is 0.322 e. The van der Waals surface area contributed by atoms with Crippen molar-refractivity contribution in [3.05, 3.63) is 34.2 Å². The topological polar surface area (TPSA) is 128 Å². The number of aliphatic carboxylic acids is 1. The van der Waals surface area contributed by atoms with Gasteiger partial charge < -0.3 is 20.7 Å². The number of hydrogen-bond donors (Lipinski definition) is 4. The van der Waals surface area contributed by atoms with Crippen LogP contribution in [-0.4, -0.2) is 41.0 Å². The molecule has 1 rings (SSSR count). The summed E-state index contributed by atoms with van der Waals surface area (Å²) in [6, 6.07) is 2.47. The largest absolute Gasteiger partial charge is 0.480 e. The van der Waals surface area contributed by atoms with Gasteiger partial charge in [-0.15, -0.1) is 0 Å². The van der Waals surface area contributed by atoms with Gasteiger partial charge in [-0.05, 0) is 6.07 Å². The number of pyridine rings is 1. The lowest BCUT2D eigenvalue weighted by Crippen LogP contribution is -2.39. The minimum absolute atomic E-state index is 0.116. The van der Waals surface area contributed by atoms with Crippen molar-refractivity contribution >= 4 is 17.8 Å². The van der Waals surface area contributed by atoms with Crippen molar-refractivity contribution in [1.29, 1.82) is 0 Å². The second-order valence-corrected chi connectivity index (χ2v) is 3.29. The van der Waals surface area contributed by atoms with Crippen molar-refractivity contribution in [1.82, 2.24) is 15.6 Å². The van der Waals surface area contributed by atoms with E-state index in [1.165, 1.54) is 12.3 Å². The first-order chi connectivity index (χ1) is 8.49. The number of rotatable bonds is 5. The van der Waals surface area contributed by atoms with Crippen LogP contribution in [0.4, 0.5) is 0 Å². The van der Waals surface area contributed by atoms with Gasteiger partial charge in [-0.25, -0.2) is 0 Å². The molecule has 0 aromatic carbocycles. The Morgan fingerprint density at radius 1 is 1.22 bits per heavy atom. The summed E-state index contributed by atoms with van der Waals surface area (Å²) in [5.41, 5.74) is -0.317. The molecule has 0 radical (unpaired) electrons. The zero-order valence-corrected chi connectivity index (χ0v) is 9.23. The molecular formula is C10H11N3O5. The van der Waals surface area contributed by atoms with Gasteiger partial charge in [0, 0.05) is 17.8 Å². The Labute approximate surface area is 101 Å². The van der Waals surface area contributed by atoms with Crippen molar-refractivity contribution in [2.45, 2.75) is 0 Å². The lowest BCUT2D eigenvalue weighted by Gasteiger charge is -2.04. The van der Waals surface area contributed by atoms with Crippen LogP contribution in [-0.2, 0) is 9.59 Å². The van der Waals surface area contributed by atoms with E-state index in [1.54, 1.807) is 0 Å². The predicted molar refractivity (Wildman–Crippen MR) is 60.0 cm³/mol. The van der Waals surface area contributed by atoms with E-state index in [2.05, 4.69) is 15.6 Å². The average Bonchev–Trinajstić information content (AvgIpc) is 2.33. The molecule has 4 N–H and O–H groups in total. The summed E-state index contributed by atoms with van der Waals surface area (Å²) in [4.78, 5) is 46.0. The van der Waals surface area contributed by atoms with Gasteiger partial charge in [0.1, 0.15) is 6.54 Å². The van der Waals surface area contributed by atoms with Crippen LogP contribution in [0.2, 0.25) is 0 Å². The van der Waals surface area contributed by atoms with Crippen molar-refractivity contribution in [3.63, 3.8) is 0 Å². The standard InChI is InChI=1S/C10H11N3O5/c14-7-3-6(1-2-11-7)10(18)13-4-8(15)12-5-9(16)17/h1-3H,4-5H2,(H,11,14)(H,12,15)(H,13,18)(H,16,17). The van der Waals surface area contributed by atoms with E-state index in [1.807, 2.05) is 0 Å². The van der Waals surface area contributed by atoms with Crippen molar-refractivity contribution in [2.75, 3.05) is 13.1 Å². The Balaban J connectivity index is 2.44. The molecule has 1 aromatic rings. The SMILES string of the molecule is O=C(O)CNC(=O)CNC(=O)c1cc[nH]c(=O)c1.